The predicted molar refractivity (Wildman–Crippen MR) is 81.2 cm³/mol. The maximum Gasteiger partial charge on any atom is 0.243 e. The van der Waals surface area contributed by atoms with Crippen molar-refractivity contribution in [2.24, 2.45) is 0 Å². The van der Waals surface area contributed by atoms with Crippen LogP contribution >= 0.6 is 11.6 Å². The van der Waals surface area contributed by atoms with E-state index in [1.807, 2.05) is 30.3 Å². The second kappa shape index (κ2) is 7.02. The zero-order valence-corrected chi connectivity index (χ0v) is 12.8. The van der Waals surface area contributed by atoms with Gasteiger partial charge in [0.2, 0.25) is 10.0 Å². The fourth-order valence-corrected chi connectivity index (χ4v) is 3.65. The fraction of sp³-hybridized carbons (Fsp3) is 0.200. The topological polar surface area (TPSA) is 37.4 Å². The summed E-state index contributed by atoms with van der Waals surface area (Å²) in [5.74, 6) is -0.284. The van der Waals surface area contributed by atoms with E-state index in [2.05, 4.69) is 0 Å². The molecule has 0 aliphatic rings. The maximum absolute atomic E-state index is 12.9. The second-order valence-corrected chi connectivity index (χ2v) is 6.78. The molecule has 0 saturated heterocycles. The first-order valence-electron chi connectivity index (χ1n) is 6.39. The van der Waals surface area contributed by atoms with Crippen molar-refractivity contribution in [1.29, 1.82) is 0 Å². The molecule has 0 atom stereocenters. The molecule has 6 heteroatoms. The highest BCUT2D eigenvalue weighted by Crippen LogP contribution is 2.18. The minimum Gasteiger partial charge on any atom is -0.207 e. The molecule has 0 amide bonds. The van der Waals surface area contributed by atoms with Crippen molar-refractivity contribution in [3.05, 3.63) is 66.0 Å². The first kappa shape index (κ1) is 15.9. The Kier molecular flexibility index (Phi) is 5.33. The third-order valence-corrected chi connectivity index (χ3v) is 5.02. The molecule has 0 radical (unpaired) electrons. The molecule has 0 aliphatic carbocycles. The normalized spacial score (nSPS) is 11.8. The van der Waals surface area contributed by atoms with Gasteiger partial charge in [-0.15, -0.1) is 11.6 Å². The van der Waals surface area contributed by atoms with Crippen molar-refractivity contribution in [2.75, 3.05) is 12.4 Å². The summed E-state index contributed by atoms with van der Waals surface area (Å²) >= 11 is 5.72. The first-order chi connectivity index (χ1) is 10.0. The molecule has 0 aromatic heterocycles. The Morgan fingerprint density at radius 3 is 2.19 bits per heavy atom. The van der Waals surface area contributed by atoms with Crippen LogP contribution in [0.4, 0.5) is 4.39 Å². The third kappa shape index (κ3) is 4.03. The van der Waals surface area contributed by atoms with Crippen molar-refractivity contribution >= 4 is 21.6 Å². The molecule has 0 saturated carbocycles. The van der Waals surface area contributed by atoms with Crippen molar-refractivity contribution in [1.82, 2.24) is 4.31 Å². The van der Waals surface area contributed by atoms with Crippen molar-refractivity contribution in [3.63, 3.8) is 0 Å². The molecule has 2 aromatic carbocycles. The smallest absolute Gasteiger partial charge is 0.207 e. The van der Waals surface area contributed by atoms with Crippen LogP contribution in [0.15, 0.2) is 59.5 Å². The number of hydrogen-bond acceptors (Lipinski definition) is 2. The summed E-state index contributed by atoms with van der Waals surface area (Å²) in [4.78, 5) is 0.0601. The van der Waals surface area contributed by atoms with Gasteiger partial charge in [-0.3, -0.25) is 0 Å². The zero-order chi connectivity index (χ0) is 15.3. The van der Waals surface area contributed by atoms with E-state index in [-0.39, 0.29) is 23.9 Å². The predicted octanol–water partition coefficient (Wildman–Crippen LogP) is 3.26. The lowest BCUT2D eigenvalue weighted by Gasteiger charge is -2.21. The van der Waals surface area contributed by atoms with Crippen LogP contribution in [0.2, 0.25) is 0 Å². The Morgan fingerprint density at radius 2 is 1.62 bits per heavy atom. The van der Waals surface area contributed by atoms with Crippen molar-refractivity contribution in [2.45, 2.75) is 11.4 Å². The van der Waals surface area contributed by atoms with Gasteiger partial charge in [0, 0.05) is 19.0 Å². The molecule has 0 aliphatic heterocycles. The second-order valence-electron chi connectivity index (χ2n) is 4.47. The summed E-state index contributed by atoms with van der Waals surface area (Å²) in [5, 5.41) is 0. The monoisotopic (exact) mass is 327 g/mol. The van der Waals surface area contributed by atoms with Gasteiger partial charge in [-0.05, 0) is 29.8 Å². The van der Waals surface area contributed by atoms with Crippen LogP contribution < -0.4 is 0 Å². The van der Waals surface area contributed by atoms with Crippen LogP contribution in [0.3, 0.4) is 0 Å². The summed E-state index contributed by atoms with van der Waals surface area (Å²) in [6, 6.07) is 14.0. The number of nitrogens with zero attached hydrogens (tertiary/aromatic N) is 1. The van der Waals surface area contributed by atoms with Crippen LogP contribution in [-0.4, -0.2) is 25.1 Å². The largest absolute Gasteiger partial charge is 0.243 e. The lowest BCUT2D eigenvalue weighted by Crippen LogP contribution is -2.32. The molecule has 21 heavy (non-hydrogen) atoms. The third-order valence-electron chi connectivity index (χ3n) is 2.99. The summed E-state index contributed by atoms with van der Waals surface area (Å²) in [5.41, 5.74) is 0.869. The van der Waals surface area contributed by atoms with E-state index in [1.165, 1.54) is 16.4 Å². The molecule has 0 bridgehead atoms. The molecular formula is C15H15ClFNO2S. The summed E-state index contributed by atoms with van der Waals surface area (Å²) in [6.07, 6.45) is 0. The highest BCUT2D eigenvalue weighted by molar-refractivity contribution is 7.89. The van der Waals surface area contributed by atoms with E-state index >= 15 is 0 Å². The van der Waals surface area contributed by atoms with Crippen molar-refractivity contribution < 1.29 is 12.8 Å². The Morgan fingerprint density at radius 1 is 1.00 bits per heavy atom. The maximum atomic E-state index is 12.9. The highest BCUT2D eigenvalue weighted by Gasteiger charge is 2.24. The number of benzene rings is 2. The van der Waals surface area contributed by atoms with E-state index in [0.717, 1.165) is 17.7 Å². The van der Waals surface area contributed by atoms with Gasteiger partial charge in [0.05, 0.1) is 4.90 Å². The highest BCUT2D eigenvalue weighted by atomic mass is 35.5. The Labute approximate surface area is 129 Å². The average molecular weight is 328 g/mol. The molecular weight excluding hydrogens is 313 g/mol. The van der Waals surface area contributed by atoms with E-state index < -0.39 is 15.8 Å². The SMILES string of the molecule is O=S(=O)(c1ccc(F)cc1)N(CCCl)Cc1ccccc1. The number of hydrogen-bond donors (Lipinski definition) is 0. The number of alkyl halides is 1. The number of rotatable bonds is 6. The van der Waals surface area contributed by atoms with E-state index in [4.69, 9.17) is 11.6 Å². The first-order valence-corrected chi connectivity index (χ1v) is 8.37. The Hall–Kier alpha value is -1.43. The molecule has 0 fully saturated rings. The number of sulfonamides is 1. The lowest BCUT2D eigenvalue weighted by atomic mass is 10.2. The molecule has 0 spiro atoms. The van der Waals surface area contributed by atoms with Gasteiger partial charge >= 0.3 is 0 Å². The summed E-state index contributed by atoms with van der Waals surface area (Å²) < 4.78 is 39.4. The molecule has 0 heterocycles. The van der Waals surface area contributed by atoms with Gasteiger partial charge in [-0.2, -0.15) is 4.31 Å². The molecule has 3 nitrogen and oxygen atoms in total. The van der Waals surface area contributed by atoms with Gasteiger partial charge in [-0.25, -0.2) is 12.8 Å². The van der Waals surface area contributed by atoms with E-state index in [0.29, 0.717) is 0 Å². The fourth-order valence-electron chi connectivity index (χ4n) is 1.92. The molecule has 2 rings (SSSR count). The molecule has 0 unspecified atom stereocenters. The van der Waals surface area contributed by atoms with Crippen LogP contribution in [0.1, 0.15) is 5.56 Å². The van der Waals surface area contributed by atoms with E-state index in [1.54, 1.807) is 0 Å². The summed E-state index contributed by atoms with van der Waals surface area (Å²) in [7, 11) is -3.70. The Balaban J connectivity index is 2.30. The quantitative estimate of drug-likeness (QED) is 0.764. The average Bonchev–Trinajstić information content (AvgIpc) is 2.48. The van der Waals surface area contributed by atoms with Gasteiger partial charge in [0.25, 0.3) is 0 Å². The standard InChI is InChI=1S/C15H15ClFNO2S/c16-10-11-18(12-13-4-2-1-3-5-13)21(19,20)15-8-6-14(17)7-9-15/h1-9H,10-12H2. The zero-order valence-electron chi connectivity index (χ0n) is 11.2. The molecule has 0 N–H and O–H groups in total. The lowest BCUT2D eigenvalue weighted by molar-refractivity contribution is 0.425. The van der Waals surface area contributed by atoms with Crippen LogP contribution in [0, 0.1) is 5.82 Å². The van der Waals surface area contributed by atoms with Gasteiger partial charge < -0.3 is 0 Å². The van der Waals surface area contributed by atoms with Crippen LogP contribution in [0.25, 0.3) is 0 Å². The molecule has 2 aromatic rings. The van der Waals surface area contributed by atoms with E-state index in [9.17, 15) is 12.8 Å². The van der Waals surface area contributed by atoms with Crippen LogP contribution in [0.5, 0.6) is 0 Å². The van der Waals surface area contributed by atoms with Gasteiger partial charge in [-0.1, -0.05) is 30.3 Å². The van der Waals surface area contributed by atoms with Crippen LogP contribution in [-0.2, 0) is 16.6 Å². The minimum absolute atomic E-state index is 0.0601. The summed E-state index contributed by atoms with van der Waals surface area (Å²) in [6.45, 7) is 0.420. The minimum atomic E-state index is -3.70. The number of halogens is 2. The van der Waals surface area contributed by atoms with Gasteiger partial charge in [0.1, 0.15) is 5.82 Å². The van der Waals surface area contributed by atoms with Crippen molar-refractivity contribution in [3.8, 4) is 0 Å². The molecule has 112 valence electrons. The Bertz CT molecular complexity index is 675. The van der Waals surface area contributed by atoms with Gasteiger partial charge in [0.15, 0.2) is 0 Å².